The average molecular weight is 205 g/mol. The molecule has 0 aliphatic rings. The first-order valence-corrected chi connectivity index (χ1v) is 5.03. The van der Waals surface area contributed by atoms with Crippen molar-refractivity contribution in [1.29, 1.82) is 0 Å². The second-order valence-corrected chi connectivity index (χ2v) is 3.22. The number of nitrogens with zero attached hydrogens (tertiary/aromatic N) is 2. The van der Waals surface area contributed by atoms with E-state index in [4.69, 9.17) is 8.83 Å². The number of oxazole rings is 2. The predicted molar refractivity (Wildman–Crippen MR) is 54.0 cm³/mol. The molecule has 2 aromatic rings. The Kier molecular flexibility index (Phi) is 3.17. The van der Waals surface area contributed by atoms with Gasteiger partial charge in [0.25, 0.3) is 0 Å². The molecule has 0 aromatic carbocycles. The van der Waals surface area contributed by atoms with Gasteiger partial charge < -0.3 is 8.83 Å². The lowest BCUT2D eigenvalue weighted by atomic mass is 10.0. The molecule has 4 heteroatoms. The van der Waals surface area contributed by atoms with Gasteiger partial charge in [0.2, 0.25) is 5.89 Å². The SMILES string of the molecule is CC[C](CCc1ncco1)c1ncco1. The van der Waals surface area contributed by atoms with Crippen molar-refractivity contribution in [3.05, 3.63) is 42.6 Å². The summed E-state index contributed by atoms with van der Waals surface area (Å²) in [6.45, 7) is 2.09. The smallest absolute Gasteiger partial charge is 0.201 e. The lowest BCUT2D eigenvalue weighted by molar-refractivity contribution is 0.466. The summed E-state index contributed by atoms with van der Waals surface area (Å²) in [5, 5.41) is 0. The summed E-state index contributed by atoms with van der Waals surface area (Å²) in [6.07, 6.45) is 9.10. The van der Waals surface area contributed by atoms with Crippen molar-refractivity contribution in [2.45, 2.75) is 26.2 Å². The largest absolute Gasteiger partial charge is 0.449 e. The first-order chi connectivity index (χ1) is 7.40. The van der Waals surface area contributed by atoms with Crippen molar-refractivity contribution in [2.24, 2.45) is 0 Å². The Morgan fingerprint density at radius 1 is 1.20 bits per heavy atom. The zero-order valence-electron chi connectivity index (χ0n) is 8.64. The van der Waals surface area contributed by atoms with Crippen LogP contribution in [-0.4, -0.2) is 9.97 Å². The zero-order valence-corrected chi connectivity index (χ0v) is 8.64. The van der Waals surface area contributed by atoms with Gasteiger partial charge in [0.15, 0.2) is 5.89 Å². The van der Waals surface area contributed by atoms with Crippen LogP contribution in [0.3, 0.4) is 0 Å². The summed E-state index contributed by atoms with van der Waals surface area (Å²) in [6, 6.07) is 0. The first-order valence-electron chi connectivity index (χ1n) is 5.03. The summed E-state index contributed by atoms with van der Waals surface area (Å²) in [5.41, 5.74) is 0. The summed E-state index contributed by atoms with van der Waals surface area (Å²) in [7, 11) is 0. The molecule has 0 atom stereocenters. The van der Waals surface area contributed by atoms with E-state index in [1.165, 1.54) is 5.92 Å². The molecular weight excluding hydrogens is 192 g/mol. The maximum absolute atomic E-state index is 5.26. The van der Waals surface area contributed by atoms with E-state index < -0.39 is 0 Å². The van der Waals surface area contributed by atoms with Gasteiger partial charge in [-0.1, -0.05) is 6.92 Å². The van der Waals surface area contributed by atoms with Crippen LogP contribution in [0.2, 0.25) is 0 Å². The maximum atomic E-state index is 5.26. The van der Waals surface area contributed by atoms with Crippen molar-refractivity contribution in [3.8, 4) is 0 Å². The number of hydrogen-bond acceptors (Lipinski definition) is 4. The summed E-state index contributed by atoms with van der Waals surface area (Å²) in [4.78, 5) is 8.21. The van der Waals surface area contributed by atoms with Gasteiger partial charge in [-0.15, -0.1) is 0 Å². The standard InChI is InChI=1S/C11H13N2O2/c1-2-9(11-13-6-8-15-11)3-4-10-12-5-7-14-10/h5-8H,2-4H2,1H3. The fourth-order valence-corrected chi connectivity index (χ4v) is 1.47. The molecule has 0 saturated carbocycles. The molecule has 0 unspecified atom stereocenters. The average Bonchev–Trinajstić information content (AvgIpc) is 2.90. The third kappa shape index (κ3) is 2.46. The van der Waals surface area contributed by atoms with Crippen molar-refractivity contribution >= 4 is 0 Å². The molecule has 0 fully saturated rings. The second-order valence-electron chi connectivity index (χ2n) is 3.22. The molecular formula is C11H13N2O2. The van der Waals surface area contributed by atoms with Crippen LogP contribution in [0.4, 0.5) is 0 Å². The maximum Gasteiger partial charge on any atom is 0.201 e. The molecule has 0 aliphatic heterocycles. The Labute approximate surface area is 88.3 Å². The van der Waals surface area contributed by atoms with Crippen LogP contribution in [0.5, 0.6) is 0 Å². The molecule has 0 spiro atoms. The summed E-state index contributed by atoms with van der Waals surface area (Å²) in [5.74, 6) is 2.68. The monoisotopic (exact) mass is 205 g/mol. The third-order valence-electron chi connectivity index (χ3n) is 2.29. The van der Waals surface area contributed by atoms with Gasteiger partial charge in [-0.25, -0.2) is 9.97 Å². The quantitative estimate of drug-likeness (QED) is 0.752. The number of aryl methyl sites for hydroxylation is 1. The lowest BCUT2D eigenvalue weighted by Crippen LogP contribution is -2.01. The van der Waals surface area contributed by atoms with Gasteiger partial charge in [-0.2, -0.15) is 0 Å². The fourth-order valence-electron chi connectivity index (χ4n) is 1.47. The van der Waals surface area contributed by atoms with Crippen molar-refractivity contribution in [3.63, 3.8) is 0 Å². The first kappa shape index (κ1) is 9.96. The van der Waals surface area contributed by atoms with E-state index in [1.54, 1.807) is 24.9 Å². The molecule has 79 valence electrons. The van der Waals surface area contributed by atoms with Gasteiger partial charge in [0.05, 0.1) is 18.3 Å². The molecule has 2 heterocycles. The van der Waals surface area contributed by atoms with E-state index >= 15 is 0 Å². The minimum Gasteiger partial charge on any atom is -0.449 e. The van der Waals surface area contributed by atoms with Crippen LogP contribution in [0, 0.1) is 5.92 Å². The molecule has 15 heavy (non-hydrogen) atoms. The summed E-state index contributed by atoms with van der Waals surface area (Å²) < 4.78 is 10.4. The highest BCUT2D eigenvalue weighted by Crippen LogP contribution is 2.21. The molecule has 2 aromatic heterocycles. The lowest BCUT2D eigenvalue weighted by Gasteiger charge is -2.07. The van der Waals surface area contributed by atoms with Crippen molar-refractivity contribution in [1.82, 2.24) is 9.97 Å². The van der Waals surface area contributed by atoms with E-state index in [0.29, 0.717) is 0 Å². The van der Waals surface area contributed by atoms with Crippen LogP contribution in [-0.2, 0) is 6.42 Å². The number of aromatic nitrogens is 2. The number of hydrogen-bond donors (Lipinski definition) is 0. The highest BCUT2D eigenvalue weighted by atomic mass is 16.3. The molecule has 0 aliphatic carbocycles. The van der Waals surface area contributed by atoms with E-state index in [-0.39, 0.29) is 0 Å². The predicted octanol–water partition coefficient (Wildman–Crippen LogP) is 2.63. The van der Waals surface area contributed by atoms with E-state index in [2.05, 4.69) is 16.9 Å². The van der Waals surface area contributed by atoms with Gasteiger partial charge in [-0.05, 0) is 12.8 Å². The molecule has 0 saturated heterocycles. The van der Waals surface area contributed by atoms with E-state index in [0.717, 1.165) is 31.0 Å². The second kappa shape index (κ2) is 4.77. The fraction of sp³-hybridized carbons (Fsp3) is 0.364. The van der Waals surface area contributed by atoms with Gasteiger partial charge in [-0.3, -0.25) is 0 Å². The van der Waals surface area contributed by atoms with E-state index in [9.17, 15) is 0 Å². The van der Waals surface area contributed by atoms with Crippen molar-refractivity contribution < 1.29 is 8.83 Å². The molecule has 0 N–H and O–H groups in total. The van der Waals surface area contributed by atoms with Crippen LogP contribution >= 0.6 is 0 Å². The Balaban J connectivity index is 1.92. The van der Waals surface area contributed by atoms with Crippen LogP contribution in [0.25, 0.3) is 0 Å². The molecule has 4 nitrogen and oxygen atoms in total. The third-order valence-corrected chi connectivity index (χ3v) is 2.29. The van der Waals surface area contributed by atoms with Gasteiger partial charge in [0, 0.05) is 6.42 Å². The number of rotatable bonds is 5. The van der Waals surface area contributed by atoms with Crippen LogP contribution < -0.4 is 0 Å². The molecule has 0 amide bonds. The highest BCUT2D eigenvalue weighted by Gasteiger charge is 2.15. The zero-order chi connectivity index (χ0) is 10.5. The van der Waals surface area contributed by atoms with Crippen molar-refractivity contribution in [2.75, 3.05) is 0 Å². The highest BCUT2D eigenvalue weighted by molar-refractivity contribution is 5.11. The molecule has 1 radical (unpaired) electrons. The topological polar surface area (TPSA) is 52.1 Å². The molecule has 2 rings (SSSR count). The molecule has 0 bridgehead atoms. The van der Waals surface area contributed by atoms with Gasteiger partial charge >= 0.3 is 0 Å². The minimum atomic E-state index is 0.726. The Hall–Kier alpha value is -1.58. The van der Waals surface area contributed by atoms with Crippen LogP contribution in [0.1, 0.15) is 31.5 Å². The minimum absolute atomic E-state index is 0.726. The Morgan fingerprint density at radius 3 is 2.60 bits per heavy atom. The normalized spacial score (nSPS) is 11.1. The Morgan fingerprint density at radius 2 is 2.00 bits per heavy atom. The van der Waals surface area contributed by atoms with Crippen LogP contribution in [0.15, 0.2) is 33.8 Å². The van der Waals surface area contributed by atoms with Gasteiger partial charge in [0.1, 0.15) is 12.5 Å². The summed E-state index contributed by atoms with van der Waals surface area (Å²) >= 11 is 0. The Bertz CT molecular complexity index is 367. The van der Waals surface area contributed by atoms with E-state index in [1.807, 2.05) is 0 Å².